The number of hydrogen-bond donors (Lipinski definition) is 1. The molecular weight excluding hydrogens is 328 g/mol. The molecular formula is C19H30N6O. The van der Waals surface area contributed by atoms with Crippen LogP contribution in [0.4, 0.5) is 11.9 Å². The van der Waals surface area contributed by atoms with Crippen molar-refractivity contribution in [1.82, 2.24) is 20.3 Å². The standard InChI is InChI=1S/C19H30N6O/c26-17(15-8-2-1-3-9-15)20-14-16-21-18(24-10-4-5-11-24)23-19(22-16)25-12-6-7-13-25/h15H,1-14H2,(H,20,26). The van der Waals surface area contributed by atoms with Gasteiger partial charge in [-0.05, 0) is 38.5 Å². The van der Waals surface area contributed by atoms with Gasteiger partial charge in [-0.3, -0.25) is 4.79 Å². The predicted octanol–water partition coefficient (Wildman–Crippen LogP) is 2.27. The Labute approximate surface area is 155 Å². The van der Waals surface area contributed by atoms with Crippen molar-refractivity contribution in [3.05, 3.63) is 5.82 Å². The number of carbonyl (C=O) groups is 1. The van der Waals surface area contributed by atoms with Gasteiger partial charge in [0.1, 0.15) is 0 Å². The number of anilines is 2. The minimum Gasteiger partial charge on any atom is -0.349 e. The molecule has 0 atom stereocenters. The lowest BCUT2D eigenvalue weighted by Gasteiger charge is -2.22. The van der Waals surface area contributed by atoms with Crippen molar-refractivity contribution in [3.63, 3.8) is 0 Å². The van der Waals surface area contributed by atoms with Gasteiger partial charge in [-0.1, -0.05) is 19.3 Å². The van der Waals surface area contributed by atoms with Crippen LogP contribution in [0.2, 0.25) is 0 Å². The van der Waals surface area contributed by atoms with Crippen molar-refractivity contribution >= 4 is 17.8 Å². The first kappa shape index (κ1) is 17.5. The highest BCUT2D eigenvalue weighted by Crippen LogP contribution is 2.24. The van der Waals surface area contributed by atoms with E-state index in [0.717, 1.165) is 50.9 Å². The molecule has 0 bridgehead atoms. The third-order valence-corrected chi connectivity index (χ3v) is 5.83. The Morgan fingerprint density at radius 3 is 1.88 bits per heavy atom. The quantitative estimate of drug-likeness (QED) is 0.870. The first-order valence-electron chi connectivity index (χ1n) is 10.3. The maximum absolute atomic E-state index is 12.5. The molecule has 1 amide bonds. The van der Waals surface area contributed by atoms with E-state index in [1.54, 1.807) is 0 Å². The highest BCUT2D eigenvalue weighted by atomic mass is 16.1. The molecule has 142 valence electrons. The van der Waals surface area contributed by atoms with Gasteiger partial charge >= 0.3 is 0 Å². The maximum Gasteiger partial charge on any atom is 0.230 e. The van der Waals surface area contributed by atoms with Crippen LogP contribution in [0.25, 0.3) is 0 Å². The van der Waals surface area contributed by atoms with Crippen LogP contribution in [0.3, 0.4) is 0 Å². The first-order valence-corrected chi connectivity index (χ1v) is 10.3. The fourth-order valence-corrected chi connectivity index (χ4v) is 4.27. The van der Waals surface area contributed by atoms with Crippen molar-refractivity contribution in [2.24, 2.45) is 5.92 Å². The Bertz CT molecular complexity index is 584. The summed E-state index contributed by atoms with van der Waals surface area (Å²) in [6.45, 7) is 4.45. The molecule has 0 spiro atoms. The van der Waals surface area contributed by atoms with Gasteiger partial charge in [0, 0.05) is 32.1 Å². The molecule has 7 nitrogen and oxygen atoms in total. The average molecular weight is 358 g/mol. The van der Waals surface area contributed by atoms with Crippen molar-refractivity contribution in [2.45, 2.75) is 64.3 Å². The molecule has 4 rings (SSSR count). The van der Waals surface area contributed by atoms with E-state index in [2.05, 4.69) is 25.1 Å². The van der Waals surface area contributed by atoms with Crippen LogP contribution in [-0.4, -0.2) is 47.0 Å². The lowest BCUT2D eigenvalue weighted by atomic mass is 9.89. The van der Waals surface area contributed by atoms with E-state index in [0.29, 0.717) is 12.4 Å². The molecule has 3 aliphatic rings. The summed E-state index contributed by atoms with van der Waals surface area (Å²) in [4.78, 5) is 31.0. The smallest absolute Gasteiger partial charge is 0.230 e. The van der Waals surface area contributed by atoms with Crippen molar-refractivity contribution in [2.75, 3.05) is 36.0 Å². The summed E-state index contributed by atoms with van der Waals surface area (Å²) in [5.74, 6) is 2.58. The molecule has 2 saturated heterocycles. The van der Waals surface area contributed by atoms with Crippen LogP contribution >= 0.6 is 0 Å². The van der Waals surface area contributed by atoms with Gasteiger partial charge in [-0.2, -0.15) is 15.0 Å². The summed E-state index contributed by atoms with van der Waals surface area (Å²) in [6.07, 6.45) is 10.4. The van der Waals surface area contributed by atoms with Gasteiger partial charge in [0.05, 0.1) is 6.54 Å². The lowest BCUT2D eigenvalue weighted by Crippen LogP contribution is -2.33. The topological polar surface area (TPSA) is 74.2 Å². The molecule has 0 unspecified atom stereocenters. The number of nitrogens with one attached hydrogen (secondary N) is 1. The van der Waals surface area contributed by atoms with Crippen molar-refractivity contribution in [3.8, 4) is 0 Å². The zero-order valence-electron chi connectivity index (χ0n) is 15.6. The molecule has 0 aromatic carbocycles. The molecule has 1 aromatic heterocycles. The fraction of sp³-hybridized carbons (Fsp3) is 0.789. The van der Waals surface area contributed by atoms with Crippen molar-refractivity contribution in [1.29, 1.82) is 0 Å². The van der Waals surface area contributed by atoms with Crippen LogP contribution in [-0.2, 0) is 11.3 Å². The molecule has 2 aliphatic heterocycles. The van der Waals surface area contributed by atoms with Gasteiger partial charge in [0.2, 0.25) is 17.8 Å². The Balaban J connectivity index is 1.47. The molecule has 1 saturated carbocycles. The van der Waals surface area contributed by atoms with E-state index in [9.17, 15) is 4.79 Å². The van der Waals surface area contributed by atoms with E-state index in [1.807, 2.05) is 0 Å². The van der Waals surface area contributed by atoms with E-state index >= 15 is 0 Å². The lowest BCUT2D eigenvalue weighted by molar-refractivity contribution is -0.126. The maximum atomic E-state index is 12.5. The summed E-state index contributed by atoms with van der Waals surface area (Å²) in [6, 6.07) is 0. The highest BCUT2D eigenvalue weighted by molar-refractivity contribution is 5.78. The second kappa shape index (κ2) is 8.18. The Hall–Kier alpha value is -1.92. The van der Waals surface area contributed by atoms with Gasteiger partial charge in [-0.25, -0.2) is 0 Å². The molecule has 26 heavy (non-hydrogen) atoms. The Morgan fingerprint density at radius 1 is 0.808 bits per heavy atom. The van der Waals surface area contributed by atoms with E-state index in [-0.39, 0.29) is 11.8 Å². The number of carbonyl (C=O) groups excluding carboxylic acids is 1. The van der Waals surface area contributed by atoms with Gasteiger partial charge < -0.3 is 15.1 Å². The molecule has 1 aromatic rings. The monoisotopic (exact) mass is 358 g/mol. The van der Waals surface area contributed by atoms with Gasteiger partial charge in [-0.15, -0.1) is 0 Å². The number of rotatable bonds is 5. The zero-order chi connectivity index (χ0) is 17.8. The fourth-order valence-electron chi connectivity index (χ4n) is 4.27. The summed E-state index contributed by atoms with van der Waals surface area (Å²) in [5, 5.41) is 3.08. The van der Waals surface area contributed by atoms with Crippen LogP contribution in [0.15, 0.2) is 0 Å². The molecule has 3 heterocycles. The number of aromatic nitrogens is 3. The molecule has 1 N–H and O–H groups in total. The Morgan fingerprint density at radius 2 is 1.35 bits per heavy atom. The minimum atomic E-state index is 0.163. The van der Waals surface area contributed by atoms with Crippen molar-refractivity contribution < 1.29 is 4.79 Å². The van der Waals surface area contributed by atoms with Gasteiger partial charge in [0.25, 0.3) is 0 Å². The third-order valence-electron chi connectivity index (χ3n) is 5.83. The van der Waals surface area contributed by atoms with Gasteiger partial charge in [0.15, 0.2) is 5.82 Å². The molecule has 3 fully saturated rings. The number of nitrogens with zero attached hydrogens (tertiary/aromatic N) is 5. The third kappa shape index (κ3) is 4.07. The zero-order valence-corrected chi connectivity index (χ0v) is 15.6. The summed E-state index contributed by atoms with van der Waals surface area (Å²) in [7, 11) is 0. The van der Waals surface area contributed by atoms with Crippen LogP contribution in [0.5, 0.6) is 0 Å². The second-order valence-corrected chi connectivity index (χ2v) is 7.79. The average Bonchev–Trinajstić information content (AvgIpc) is 3.40. The van der Waals surface area contributed by atoms with Crippen LogP contribution in [0.1, 0.15) is 63.6 Å². The summed E-state index contributed by atoms with van der Waals surface area (Å²) >= 11 is 0. The molecule has 1 aliphatic carbocycles. The summed E-state index contributed by atoms with van der Waals surface area (Å²) in [5.41, 5.74) is 0. The summed E-state index contributed by atoms with van der Waals surface area (Å²) < 4.78 is 0. The highest BCUT2D eigenvalue weighted by Gasteiger charge is 2.23. The van der Waals surface area contributed by atoms with Crippen LogP contribution < -0.4 is 15.1 Å². The van der Waals surface area contributed by atoms with E-state index < -0.39 is 0 Å². The molecule has 7 heteroatoms. The minimum absolute atomic E-state index is 0.163. The SMILES string of the molecule is O=C(NCc1nc(N2CCCC2)nc(N2CCCC2)n1)C1CCCCC1. The van der Waals surface area contributed by atoms with Crippen LogP contribution in [0, 0.1) is 5.92 Å². The predicted molar refractivity (Wildman–Crippen MR) is 101 cm³/mol. The largest absolute Gasteiger partial charge is 0.349 e. The first-order chi connectivity index (χ1) is 12.8. The second-order valence-electron chi connectivity index (χ2n) is 7.79. The molecule has 0 radical (unpaired) electrons. The van der Waals surface area contributed by atoms with E-state index in [1.165, 1.54) is 44.9 Å². The number of hydrogen-bond acceptors (Lipinski definition) is 6. The van der Waals surface area contributed by atoms with E-state index in [4.69, 9.17) is 4.98 Å². The normalized spacial score (nSPS) is 21.4. The Kier molecular flexibility index (Phi) is 5.51. The number of amides is 1.